The van der Waals surface area contributed by atoms with E-state index in [9.17, 15) is 0 Å². The van der Waals surface area contributed by atoms with Gasteiger partial charge in [-0.15, -0.1) is 0 Å². The molecule has 0 radical (unpaired) electrons. The van der Waals surface area contributed by atoms with Crippen LogP contribution in [0.2, 0.25) is 28.9 Å². The molecule has 10 fully saturated rings. The van der Waals surface area contributed by atoms with Gasteiger partial charge in [0.15, 0.2) is 0 Å². The van der Waals surface area contributed by atoms with E-state index in [1.165, 1.54) is 14.3 Å². The molecule has 10 aliphatic heterocycles. The maximum absolute atomic E-state index is 4.50. The summed E-state index contributed by atoms with van der Waals surface area (Å²) in [5.41, 5.74) is 7.08. The van der Waals surface area contributed by atoms with E-state index in [2.05, 4.69) is 187 Å². The quantitative estimate of drug-likeness (QED) is 0.141. The topological polar surface area (TPSA) is 0 Å². The van der Waals surface area contributed by atoms with Crippen molar-refractivity contribution in [2.24, 2.45) is 0 Å². The Morgan fingerprint density at radius 1 is 0.385 bits per heavy atom. The Morgan fingerprint density at radius 2 is 0.641 bits per heavy atom. The Kier molecular flexibility index (Phi) is 1.78. The molecule has 4 aromatic rings. The first kappa shape index (κ1) is 21.1. The summed E-state index contributed by atoms with van der Waals surface area (Å²) in [5, 5.41) is 0. The van der Waals surface area contributed by atoms with E-state index in [0.29, 0.717) is 17.3 Å². The van der Waals surface area contributed by atoms with Gasteiger partial charge in [0.05, 0.1) is 0 Å². The fraction of sp³-hybridized carbons (Fsp3) is 0.294. The van der Waals surface area contributed by atoms with Crippen LogP contribution in [-0.4, -0.2) is 0 Å². The van der Waals surface area contributed by atoms with Crippen LogP contribution in [0, 0.1) is 14.3 Å². The van der Waals surface area contributed by atoms with Crippen molar-refractivity contribution in [3.8, 4) is 0 Å². The molecule has 10 saturated heterocycles. The first-order valence-corrected chi connectivity index (χ1v) is 24.3. The molecule has 4 aromatic carbocycles. The summed E-state index contributed by atoms with van der Waals surface area (Å²) in [7, 11) is 0. The van der Waals surface area contributed by atoms with Crippen LogP contribution in [0.15, 0.2) is 97.1 Å². The molecule has 1 spiro atoms. The number of halogens is 4. The van der Waals surface area contributed by atoms with Gasteiger partial charge in [-0.2, -0.15) is 0 Å². The molecule has 14 rings (SSSR count). The van der Waals surface area contributed by atoms with Gasteiger partial charge in [-0.3, -0.25) is 0 Å². The average molecular weight is 994 g/mol. The third-order valence-corrected chi connectivity index (χ3v) is 66.8. The van der Waals surface area contributed by atoms with Crippen LogP contribution in [0.5, 0.6) is 0 Å². The Bertz CT molecular complexity index is 2200. The Hall–Kier alpha value is 0.319. The molecule has 4 unspecified atom stereocenters. The molecule has 0 N–H and O–H groups in total. The van der Waals surface area contributed by atoms with E-state index < -0.39 is 6.51 Å². The summed E-state index contributed by atoms with van der Waals surface area (Å²) >= 11 is 10.1. The van der Waals surface area contributed by atoms with Crippen molar-refractivity contribution in [3.63, 3.8) is 0 Å². The van der Waals surface area contributed by atoms with Crippen LogP contribution in [0.4, 0.5) is 0 Å². The molecule has 194 valence electrons. The van der Waals surface area contributed by atoms with Crippen molar-refractivity contribution in [1.29, 1.82) is 0 Å². The van der Waals surface area contributed by atoms with Gasteiger partial charge in [0, 0.05) is 0 Å². The fourth-order valence-electron chi connectivity index (χ4n) is 23.3. The minimum atomic E-state index is -4.50. The Balaban J connectivity index is 1.26. The third kappa shape index (κ3) is 0.496. The van der Waals surface area contributed by atoms with Gasteiger partial charge >= 0.3 is 277 Å². The molecule has 0 aromatic heterocycles. The van der Waals surface area contributed by atoms with E-state index in [0.717, 1.165) is 28.9 Å². The third-order valence-electron chi connectivity index (χ3n) is 20.2. The van der Waals surface area contributed by atoms with Gasteiger partial charge < -0.3 is 0 Å². The molecule has 5 heteroatoms. The summed E-state index contributed by atoms with van der Waals surface area (Å²) in [6.45, 7) is -4.50. The fourth-order valence-corrected chi connectivity index (χ4v) is 105. The molecule has 0 aliphatic carbocycles. The molecule has 0 nitrogen and oxygen atoms in total. The van der Waals surface area contributed by atoms with Gasteiger partial charge in [0.2, 0.25) is 0 Å². The molecule has 0 saturated carbocycles. The van der Waals surface area contributed by atoms with Crippen molar-refractivity contribution in [3.05, 3.63) is 134 Å². The van der Waals surface area contributed by atoms with E-state index >= 15 is 0 Å². The summed E-state index contributed by atoms with van der Waals surface area (Å²) in [6.07, 6.45) is 0. The molecule has 10 aliphatic rings. The monoisotopic (exact) mass is 994 g/mol. The average Bonchev–Trinajstić information content (AvgIpc) is 3.90. The Morgan fingerprint density at radius 3 is 0.897 bits per heavy atom. The first-order chi connectivity index (χ1) is 18.7. The van der Waals surface area contributed by atoms with Crippen LogP contribution in [0.1, 0.15) is 22.3 Å². The van der Waals surface area contributed by atoms with E-state index in [1.54, 1.807) is 22.3 Å². The first-order valence-electron chi connectivity index (χ1n) is 14.0. The second kappa shape index (κ2) is 3.29. The van der Waals surface area contributed by atoms with Crippen LogP contribution < -0.4 is 0 Å². The zero-order valence-electron chi connectivity index (χ0n) is 20.6. The number of hydrogen-bond acceptors (Lipinski definition) is 0. The van der Waals surface area contributed by atoms with E-state index in [4.69, 9.17) is 0 Å². The van der Waals surface area contributed by atoms with Gasteiger partial charge in [-0.1, -0.05) is 0 Å². The van der Waals surface area contributed by atoms with Gasteiger partial charge in [0.25, 0.3) is 0 Å². The SMILES string of the molecule is Ic1ccc([C]23[CH]4[C]5(c6ccc(I)cc6)[C]6(c7ccc(I)cc7)[C]2(c2ccc(I)cc2)[Fe]43562789[CH]3[CH]2[CH]7[CH]8[CH]39)cc1. The minimum absolute atomic E-state index is 0.418. The van der Waals surface area contributed by atoms with Crippen LogP contribution in [-0.2, 0) is 23.8 Å². The van der Waals surface area contributed by atoms with Crippen molar-refractivity contribution in [2.45, 2.75) is 46.2 Å². The van der Waals surface area contributed by atoms with E-state index in [1.807, 2.05) is 0 Å². The number of hydrogen-bond donors (Lipinski definition) is 0. The summed E-state index contributed by atoms with van der Waals surface area (Å²) in [6, 6.07) is 40.6. The van der Waals surface area contributed by atoms with Crippen LogP contribution >= 0.6 is 90.4 Å². The summed E-state index contributed by atoms with van der Waals surface area (Å²) in [5.74, 6) is 0. The number of rotatable bonds is 4. The summed E-state index contributed by atoms with van der Waals surface area (Å²) < 4.78 is 7.32. The second-order valence-electron chi connectivity index (χ2n) is 15.9. The van der Waals surface area contributed by atoms with Crippen molar-refractivity contribution < 1.29 is 6.51 Å². The zero-order chi connectivity index (χ0) is 25.7. The predicted octanol–water partition coefficient (Wildman–Crippen LogP) is 10.2. The van der Waals surface area contributed by atoms with Crippen molar-refractivity contribution >= 4 is 90.4 Å². The number of fused-ring (bicyclic) bond motifs is 10. The van der Waals surface area contributed by atoms with Crippen LogP contribution in [0.3, 0.4) is 0 Å². The van der Waals surface area contributed by atoms with Gasteiger partial charge in [-0.05, 0) is 0 Å². The predicted molar refractivity (Wildman–Crippen MR) is 186 cm³/mol. The van der Waals surface area contributed by atoms with E-state index in [-0.39, 0.29) is 0 Å². The van der Waals surface area contributed by atoms with Crippen LogP contribution in [0.25, 0.3) is 0 Å². The molecule has 39 heavy (non-hydrogen) atoms. The molecular formula is C34H22FeI4. The molecule has 0 bridgehead atoms. The van der Waals surface area contributed by atoms with Gasteiger partial charge in [-0.25, -0.2) is 0 Å². The molecule has 0 amide bonds. The molecule has 4 atom stereocenters. The molecule has 10 heterocycles. The Labute approximate surface area is 272 Å². The summed E-state index contributed by atoms with van der Waals surface area (Å²) in [4.78, 5) is 6.53. The van der Waals surface area contributed by atoms with Crippen molar-refractivity contribution in [2.75, 3.05) is 0 Å². The van der Waals surface area contributed by atoms with Crippen molar-refractivity contribution in [1.82, 2.24) is 0 Å². The standard InChI is InChI=1S/C29H17I4.C5H5.Fe/c30-22-9-1-18(2-10-22)26-17-27(19-3-11-23(31)12-4-19)29(21-7-15-25(33)16-8-21)28(26)20-5-13-24(32)14-6-20;1-2-4-5-3-1;/h1-17H;1-5H;. The normalized spacial score (nSPS) is 64.1. The molecular weight excluding hydrogens is 972 g/mol. The maximum atomic E-state index is 2.63. The second-order valence-corrected chi connectivity index (χ2v) is 43.5. The number of benzene rings is 4. The van der Waals surface area contributed by atoms with Gasteiger partial charge in [0.1, 0.15) is 0 Å². The zero-order valence-corrected chi connectivity index (χ0v) is 30.3.